The first-order valence-electron chi connectivity index (χ1n) is 9.24. The zero-order chi connectivity index (χ0) is 17.8. The fourth-order valence-corrected chi connectivity index (χ4v) is 3.94. The monoisotopic (exact) mass is 361 g/mol. The maximum atomic E-state index is 10.3. The van der Waals surface area contributed by atoms with Crippen molar-refractivity contribution in [1.82, 2.24) is 19.5 Å². The zero-order valence-corrected chi connectivity index (χ0v) is 14.3. The maximum Gasteiger partial charge on any atom is 0.167 e. The van der Waals surface area contributed by atoms with Gasteiger partial charge in [0.05, 0.1) is 12.9 Å². The van der Waals surface area contributed by atoms with Gasteiger partial charge in [-0.15, -0.1) is 0 Å². The molecule has 1 aliphatic heterocycles. The van der Waals surface area contributed by atoms with Gasteiger partial charge in [0.2, 0.25) is 0 Å². The standard InChI is InChI=1S/C17H23N5O4/c23-5-10-13(24)14(25)17(26-10)22-7-20-12-15(18-6-19-16(12)22)21-11(8-1-2-8)9-3-4-9/h6-11,13-14,17,23-25H,1-5H2,(H,18,19,21)/t10-,13-,14-,17?/m1/s1. The first-order chi connectivity index (χ1) is 12.7. The first-order valence-corrected chi connectivity index (χ1v) is 9.24. The maximum absolute atomic E-state index is 10.3. The number of nitrogens with one attached hydrogen (secondary N) is 1. The number of aromatic nitrogens is 4. The van der Waals surface area contributed by atoms with Gasteiger partial charge in [0.1, 0.15) is 24.6 Å². The quantitative estimate of drug-likeness (QED) is 0.568. The number of nitrogens with zero attached hydrogens (tertiary/aromatic N) is 4. The molecular weight excluding hydrogens is 338 g/mol. The second kappa shape index (κ2) is 6.12. The molecule has 2 aromatic heterocycles. The second-order valence-electron chi connectivity index (χ2n) is 7.62. The Balaban J connectivity index is 1.46. The minimum atomic E-state index is -1.17. The number of imidazole rings is 1. The molecule has 5 rings (SSSR count). The van der Waals surface area contributed by atoms with Gasteiger partial charge in [0, 0.05) is 6.04 Å². The highest BCUT2D eigenvalue weighted by molar-refractivity contribution is 5.83. The Bertz CT molecular complexity index is 794. The molecule has 4 atom stereocenters. The van der Waals surface area contributed by atoms with E-state index in [9.17, 15) is 15.3 Å². The molecule has 0 aromatic carbocycles. The van der Waals surface area contributed by atoms with E-state index < -0.39 is 24.5 Å². The Hall–Kier alpha value is -1.81. The average molecular weight is 361 g/mol. The van der Waals surface area contributed by atoms with E-state index in [4.69, 9.17) is 4.74 Å². The largest absolute Gasteiger partial charge is 0.394 e. The number of fused-ring (bicyclic) bond motifs is 1. The Morgan fingerprint density at radius 1 is 1.12 bits per heavy atom. The molecule has 4 N–H and O–H groups in total. The number of anilines is 1. The predicted molar refractivity (Wildman–Crippen MR) is 91.2 cm³/mol. The molecular formula is C17H23N5O4. The van der Waals surface area contributed by atoms with E-state index in [1.54, 1.807) is 4.57 Å². The highest BCUT2D eigenvalue weighted by Gasteiger charge is 2.44. The molecule has 0 bridgehead atoms. The lowest BCUT2D eigenvalue weighted by Crippen LogP contribution is -2.33. The van der Waals surface area contributed by atoms with Gasteiger partial charge in [0.15, 0.2) is 23.2 Å². The predicted octanol–water partition coefficient (Wildman–Crippen LogP) is 0.0383. The van der Waals surface area contributed by atoms with E-state index in [1.807, 2.05) is 0 Å². The lowest BCUT2D eigenvalue weighted by atomic mass is 10.1. The normalized spacial score (nSPS) is 31.8. The highest BCUT2D eigenvalue weighted by atomic mass is 16.6. The van der Waals surface area contributed by atoms with Crippen molar-refractivity contribution in [2.75, 3.05) is 11.9 Å². The number of aliphatic hydroxyl groups excluding tert-OH is 3. The van der Waals surface area contributed by atoms with Crippen molar-refractivity contribution < 1.29 is 20.1 Å². The van der Waals surface area contributed by atoms with E-state index >= 15 is 0 Å². The van der Waals surface area contributed by atoms with E-state index in [1.165, 1.54) is 38.3 Å². The van der Waals surface area contributed by atoms with E-state index in [0.29, 0.717) is 23.0 Å². The number of rotatable bonds is 6. The Morgan fingerprint density at radius 2 is 1.85 bits per heavy atom. The van der Waals surface area contributed by atoms with E-state index in [-0.39, 0.29) is 6.61 Å². The average Bonchev–Trinajstić information content (AvgIpc) is 3.57. The minimum Gasteiger partial charge on any atom is -0.394 e. The smallest absolute Gasteiger partial charge is 0.167 e. The summed E-state index contributed by atoms with van der Waals surface area (Å²) in [6.45, 7) is -0.367. The van der Waals surface area contributed by atoms with Gasteiger partial charge < -0.3 is 25.4 Å². The SMILES string of the molecule is OC[C@H]1OC(n2cnc3c(NC(C4CC4)C4CC4)ncnc32)[C@H](O)[C@@H]1O. The summed E-state index contributed by atoms with van der Waals surface area (Å²) >= 11 is 0. The molecule has 0 spiro atoms. The van der Waals surface area contributed by atoms with Crippen molar-refractivity contribution >= 4 is 17.0 Å². The molecule has 0 amide bonds. The summed E-state index contributed by atoms with van der Waals surface area (Å²) in [5.74, 6) is 2.13. The van der Waals surface area contributed by atoms with Crippen LogP contribution in [0, 0.1) is 11.8 Å². The summed E-state index contributed by atoms with van der Waals surface area (Å²) in [5.41, 5.74) is 1.15. The van der Waals surface area contributed by atoms with Crippen LogP contribution in [-0.2, 0) is 4.74 Å². The van der Waals surface area contributed by atoms with Gasteiger partial charge in [-0.05, 0) is 37.5 Å². The number of aliphatic hydroxyl groups is 3. The van der Waals surface area contributed by atoms with Crippen LogP contribution in [0.2, 0.25) is 0 Å². The van der Waals surface area contributed by atoms with Crippen molar-refractivity contribution in [2.24, 2.45) is 11.8 Å². The third-order valence-electron chi connectivity index (χ3n) is 5.71. The third-order valence-corrected chi connectivity index (χ3v) is 5.71. The van der Waals surface area contributed by atoms with Crippen LogP contribution in [0.3, 0.4) is 0 Å². The molecule has 0 radical (unpaired) electrons. The number of hydrogen-bond donors (Lipinski definition) is 4. The molecule has 3 heterocycles. The van der Waals surface area contributed by atoms with E-state index in [0.717, 1.165) is 11.8 Å². The van der Waals surface area contributed by atoms with Crippen LogP contribution < -0.4 is 5.32 Å². The summed E-state index contributed by atoms with van der Waals surface area (Å²) in [4.78, 5) is 13.1. The molecule has 1 saturated heterocycles. The Labute approximate surface area is 150 Å². The molecule has 1 unspecified atom stereocenters. The van der Waals surface area contributed by atoms with Crippen LogP contribution in [0.1, 0.15) is 31.9 Å². The summed E-state index contributed by atoms with van der Waals surface area (Å²) in [6.07, 6.45) is 4.06. The number of ether oxygens (including phenoxy) is 1. The minimum absolute atomic E-state index is 0.367. The molecule has 2 aliphatic carbocycles. The molecule has 2 aromatic rings. The fourth-order valence-electron chi connectivity index (χ4n) is 3.94. The van der Waals surface area contributed by atoms with Crippen LogP contribution in [-0.4, -0.2) is 65.8 Å². The summed E-state index contributed by atoms with van der Waals surface area (Å²) in [7, 11) is 0. The topological polar surface area (TPSA) is 126 Å². The van der Waals surface area contributed by atoms with Gasteiger partial charge >= 0.3 is 0 Å². The van der Waals surface area contributed by atoms with Gasteiger partial charge in [-0.25, -0.2) is 15.0 Å². The molecule has 140 valence electrons. The number of hydrogen-bond acceptors (Lipinski definition) is 8. The lowest BCUT2D eigenvalue weighted by molar-refractivity contribution is -0.0511. The third kappa shape index (κ3) is 2.66. The summed E-state index contributed by atoms with van der Waals surface area (Å²) in [6, 6.07) is 0.437. The fraction of sp³-hybridized carbons (Fsp3) is 0.706. The molecule has 9 heteroatoms. The van der Waals surface area contributed by atoms with Crippen LogP contribution in [0.5, 0.6) is 0 Å². The van der Waals surface area contributed by atoms with E-state index in [2.05, 4.69) is 20.3 Å². The van der Waals surface area contributed by atoms with Crippen LogP contribution in [0.25, 0.3) is 11.2 Å². The van der Waals surface area contributed by atoms with Gasteiger partial charge in [-0.2, -0.15) is 0 Å². The summed E-state index contributed by atoms with van der Waals surface area (Å²) < 4.78 is 7.19. The summed E-state index contributed by atoms with van der Waals surface area (Å²) in [5, 5.41) is 33.1. The van der Waals surface area contributed by atoms with Crippen molar-refractivity contribution in [3.05, 3.63) is 12.7 Å². The van der Waals surface area contributed by atoms with Gasteiger partial charge in [0.25, 0.3) is 0 Å². The molecule has 9 nitrogen and oxygen atoms in total. The van der Waals surface area contributed by atoms with Gasteiger partial charge in [-0.3, -0.25) is 4.57 Å². The molecule has 3 fully saturated rings. The Morgan fingerprint density at radius 3 is 2.46 bits per heavy atom. The molecule has 3 aliphatic rings. The van der Waals surface area contributed by atoms with Crippen molar-refractivity contribution in [2.45, 2.75) is 56.3 Å². The van der Waals surface area contributed by atoms with Crippen LogP contribution >= 0.6 is 0 Å². The molecule has 2 saturated carbocycles. The molecule has 26 heavy (non-hydrogen) atoms. The first kappa shape index (κ1) is 16.4. The van der Waals surface area contributed by atoms with Crippen LogP contribution in [0.4, 0.5) is 5.82 Å². The van der Waals surface area contributed by atoms with Crippen molar-refractivity contribution in [3.63, 3.8) is 0 Å². The Kier molecular flexibility index (Phi) is 3.85. The second-order valence-corrected chi connectivity index (χ2v) is 7.62. The zero-order valence-electron chi connectivity index (χ0n) is 14.3. The van der Waals surface area contributed by atoms with Crippen molar-refractivity contribution in [3.8, 4) is 0 Å². The highest BCUT2D eigenvalue weighted by Crippen LogP contribution is 2.46. The lowest BCUT2D eigenvalue weighted by Gasteiger charge is -2.19. The van der Waals surface area contributed by atoms with Gasteiger partial charge in [-0.1, -0.05) is 0 Å². The van der Waals surface area contributed by atoms with Crippen LogP contribution in [0.15, 0.2) is 12.7 Å². The van der Waals surface area contributed by atoms with Crippen molar-refractivity contribution in [1.29, 1.82) is 0 Å².